The van der Waals surface area contributed by atoms with Crippen LogP contribution in [0.5, 0.6) is 5.88 Å². The highest BCUT2D eigenvalue weighted by Gasteiger charge is 2.32. The Morgan fingerprint density at radius 1 is 1.35 bits per heavy atom. The Labute approximate surface area is 120 Å². The van der Waals surface area contributed by atoms with E-state index in [1.54, 1.807) is 0 Å². The van der Waals surface area contributed by atoms with Gasteiger partial charge in [-0.25, -0.2) is 4.98 Å². The molecule has 7 heteroatoms. The first-order chi connectivity index (χ1) is 9.41. The van der Waals surface area contributed by atoms with Crippen LogP contribution in [0.1, 0.15) is 31.2 Å². The number of aromatic nitrogens is 1. The molecule has 1 fully saturated rings. The van der Waals surface area contributed by atoms with E-state index >= 15 is 0 Å². The molecule has 0 spiro atoms. The van der Waals surface area contributed by atoms with Gasteiger partial charge in [-0.15, -0.1) is 0 Å². The van der Waals surface area contributed by atoms with Crippen molar-refractivity contribution in [2.24, 2.45) is 0 Å². The molecule has 2 unspecified atom stereocenters. The minimum Gasteiger partial charge on any atom is -0.472 e. The fourth-order valence-corrected chi connectivity index (χ4v) is 2.59. The van der Waals surface area contributed by atoms with Crippen LogP contribution >= 0.6 is 11.6 Å². The Morgan fingerprint density at radius 2 is 2.05 bits per heavy atom. The number of hydrogen-bond acceptors (Lipinski definition) is 3. The first-order valence-electron chi connectivity index (χ1n) is 6.48. The second-order valence-corrected chi connectivity index (χ2v) is 5.25. The summed E-state index contributed by atoms with van der Waals surface area (Å²) in [6.07, 6.45) is 0.131. The molecule has 1 aromatic heterocycles. The van der Waals surface area contributed by atoms with Gasteiger partial charge in [0, 0.05) is 12.2 Å². The molecule has 0 amide bonds. The summed E-state index contributed by atoms with van der Waals surface area (Å²) in [4.78, 5) is 3.71. The van der Waals surface area contributed by atoms with E-state index in [4.69, 9.17) is 16.3 Å². The normalized spacial score (nSPS) is 23.6. The first-order valence-corrected chi connectivity index (χ1v) is 6.86. The van der Waals surface area contributed by atoms with Gasteiger partial charge < -0.3 is 10.1 Å². The molecule has 3 nitrogen and oxygen atoms in total. The van der Waals surface area contributed by atoms with E-state index in [1.165, 1.54) is 0 Å². The average molecular weight is 309 g/mol. The molecule has 112 valence electrons. The van der Waals surface area contributed by atoms with Crippen LogP contribution in [0.4, 0.5) is 13.2 Å². The smallest absolute Gasteiger partial charge is 0.417 e. The minimum atomic E-state index is -4.45. The molecule has 0 radical (unpaired) electrons. The zero-order valence-corrected chi connectivity index (χ0v) is 11.8. The van der Waals surface area contributed by atoms with Crippen molar-refractivity contribution in [3.05, 3.63) is 22.8 Å². The fraction of sp³-hybridized carbons (Fsp3) is 0.615. The molecule has 2 atom stereocenters. The number of rotatable bonds is 3. The summed E-state index contributed by atoms with van der Waals surface area (Å²) in [5.74, 6) is 0.0619. The van der Waals surface area contributed by atoms with Crippen LogP contribution in [0.2, 0.25) is 5.02 Å². The predicted octanol–water partition coefficient (Wildman–Crippen LogP) is 3.66. The third kappa shape index (κ3) is 3.55. The predicted molar refractivity (Wildman–Crippen MR) is 70.0 cm³/mol. The van der Waals surface area contributed by atoms with Crippen LogP contribution in [0.25, 0.3) is 0 Å². The lowest BCUT2D eigenvalue weighted by atomic mass is 9.92. The van der Waals surface area contributed by atoms with Gasteiger partial charge in [-0.05, 0) is 32.4 Å². The van der Waals surface area contributed by atoms with Crippen LogP contribution in [-0.4, -0.2) is 24.2 Å². The molecule has 0 aliphatic heterocycles. The Morgan fingerprint density at radius 3 is 2.65 bits per heavy atom. The second-order valence-electron chi connectivity index (χ2n) is 4.84. The van der Waals surface area contributed by atoms with Crippen molar-refractivity contribution in [1.29, 1.82) is 0 Å². The first kappa shape index (κ1) is 15.4. The van der Waals surface area contributed by atoms with Crippen molar-refractivity contribution in [1.82, 2.24) is 10.3 Å². The SMILES string of the molecule is CNC1CCCCC1Oc1ncc(C(F)(F)F)cc1Cl. The maximum absolute atomic E-state index is 12.5. The third-order valence-electron chi connectivity index (χ3n) is 3.47. The number of nitrogens with one attached hydrogen (secondary N) is 1. The number of nitrogens with zero attached hydrogens (tertiary/aromatic N) is 1. The van der Waals surface area contributed by atoms with Crippen LogP contribution in [-0.2, 0) is 6.18 Å². The van der Waals surface area contributed by atoms with Crippen molar-refractivity contribution in [3.63, 3.8) is 0 Å². The molecule has 1 aromatic rings. The summed E-state index contributed by atoms with van der Waals surface area (Å²) in [5, 5.41) is 3.04. The van der Waals surface area contributed by atoms with Gasteiger partial charge >= 0.3 is 6.18 Å². The highest BCUT2D eigenvalue weighted by atomic mass is 35.5. The van der Waals surface area contributed by atoms with E-state index in [1.807, 2.05) is 7.05 Å². The maximum Gasteiger partial charge on any atom is 0.417 e. The summed E-state index contributed by atoms with van der Waals surface area (Å²) >= 11 is 5.84. The Bertz CT molecular complexity index is 467. The fourth-order valence-electron chi connectivity index (χ4n) is 2.38. The highest BCUT2D eigenvalue weighted by molar-refractivity contribution is 6.31. The highest BCUT2D eigenvalue weighted by Crippen LogP contribution is 2.34. The summed E-state index contributed by atoms with van der Waals surface area (Å²) in [6, 6.07) is 1.02. The lowest BCUT2D eigenvalue weighted by Crippen LogP contribution is -2.43. The lowest BCUT2D eigenvalue weighted by Gasteiger charge is -2.31. The molecule has 0 saturated heterocycles. The summed E-state index contributed by atoms with van der Waals surface area (Å²) in [7, 11) is 1.84. The van der Waals surface area contributed by atoms with Crippen molar-refractivity contribution >= 4 is 11.6 Å². The van der Waals surface area contributed by atoms with Gasteiger partial charge in [0.1, 0.15) is 11.1 Å². The molecule has 1 aliphatic rings. The van der Waals surface area contributed by atoms with Gasteiger partial charge in [0.05, 0.1) is 5.56 Å². The number of ether oxygens (including phenoxy) is 1. The molecular weight excluding hydrogens is 293 g/mol. The Kier molecular flexibility index (Phi) is 4.75. The van der Waals surface area contributed by atoms with Crippen molar-refractivity contribution in [2.45, 2.75) is 44.0 Å². The van der Waals surface area contributed by atoms with Crippen molar-refractivity contribution in [3.8, 4) is 5.88 Å². The molecule has 1 saturated carbocycles. The lowest BCUT2D eigenvalue weighted by molar-refractivity contribution is -0.137. The second kappa shape index (κ2) is 6.18. The topological polar surface area (TPSA) is 34.1 Å². The molecule has 1 aliphatic carbocycles. The zero-order chi connectivity index (χ0) is 14.8. The van der Waals surface area contributed by atoms with Crippen LogP contribution in [0, 0.1) is 0 Å². The molecule has 2 rings (SSSR count). The Balaban J connectivity index is 2.13. The maximum atomic E-state index is 12.5. The number of pyridine rings is 1. The number of hydrogen-bond donors (Lipinski definition) is 1. The van der Waals surface area contributed by atoms with Crippen molar-refractivity contribution in [2.75, 3.05) is 7.05 Å². The van der Waals surface area contributed by atoms with E-state index in [9.17, 15) is 13.2 Å². The largest absolute Gasteiger partial charge is 0.472 e. The van der Waals surface area contributed by atoms with E-state index < -0.39 is 11.7 Å². The van der Waals surface area contributed by atoms with E-state index in [-0.39, 0.29) is 23.0 Å². The van der Waals surface area contributed by atoms with Crippen LogP contribution in [0.15, 0.2) is 12.3 Å². The third-order valence-corrected chi connectivity index (χ3v) is 3.74. The van der Waals surface area contributed by atoms with Gasteiger partial charge in [-0.2, -0.15) is 13.2 Å². The minimum absolute atomic E-state index is 0.0619. The molecule has 0 bridgehead atoms. The van der Waals surface area contributed by atoms with Gasteiger partial charge in [0.15, 0.2) is 0 Å². The van der Waals surface area contributed by atoms with Crippen molar-refractivity contribution < 1.29 is 17.9 Å². The van der Waals surface area contributed by atoms with Crippen LogP contribution in [0.3, 0.4) is 0 Å². The molecule has 20 heavy (non-hydrogen) atoms. The quantitative estimate of drug-likeness (QED) is 0.925. The summed E-state index contributed by atoms with van der Waals surface area (Å²) < 4.78 is 43.3. The standard InChI is InChI=1S/C13H16ClF3N2O/c1-18-10-4-2-3-5-11(10)20-12-9(14)6-8(7-19-12)13(15,16)17/h6-7,10-11,18H,2-5H2,1H3. The van der Waals surface area contributed by atoms with Gasteiger partial charge in [-0.1, -0.05) is 18.0 Å². The number of likely N-dealkylation sites (N-methyl/N-ethyl adjacent to an activating group) is 1. The summed E-state index contributed by atoms with van der Waals surface area (Å²) in [6.45, 7) is 0. The average Bonchev–Trinajstić information content (AvgIpc) is 2.40. The Hall–Kier alpha value is -1.01. The number of halogens is 4. The van der Waals surface area contributed by atoms with Gasteiger partial charge in [0.2, 0.25) is 5.88 Å². The van der Waals surface area contributed by atoms with E-state index in [2.05, 4.69) is 10.3 Å². The van der Waals surface area contributed by atoms with Gasteiger partial charge in [0.25, 0.3) is 0 Å². The van der Waals surface area contributed by atoms with E-state index in [0.717, 1.165) is 37.9 Å². The monoisotopic (exact) mass is 308 g/mol. The molecule has 1 N–H and O–H groups in total. The molecular formula is C13H16ClF3N2O. The zero-order valence-electron chi connectivity index (χ0n) is 11.0. The van der Waals surface area contributed by atoms with Gasteiger partial charge in [-0.3, -0.25) is 0 Å². The molecule has 0 aromatic carbocycles. The molecule has 1 heterocycles. The number of alkyl halides is 3. The van der Waals surface area contributed by atoms with Crippen LogP contribution < -0.4 is 10.1 Å². The summed E-state index contributed by atoms with van der Waals surface area (Å²) in [5.41, 5.74) is -0.872. The van der Waals surface area contributed by atoms with E-state index in [0.29, 0.717) is 0 Å².